The Morgan fingerprint density at radius 3 is 2.55 bits per heavy atom. The number of anilines is 2. The van der Waals surface area contributed by atoms with Crippen molar-refractivity contribution in [2.45, 2.75) is 57.5 Å². The molecule has 1 aromatic carbocycles. The van der Waals surface area contributed by atoms with E-state index in [1.54, 1.807) is 11.3 Å². The summed E-state index contributed by atoms with van der Waals surface area (Å²) in [6.07, 6.45) is 7.65. The molecule has 6 rings (SSSR count). The lowest BCUT2D eigenvalue weighted by Crippen LogP contribution is -2.20. The Morgan fingerprint density at radius 1 is 1.05 bits per heavy atom. The average molecular weight is 585 g/mol. The molecule has 3 aromatic heterocycles. The molecule has 2 saturated carbocycles. The second-order valence-electron chi connectivity index (χ2n) is 10.9. The van der Waals surface area contributed by atoms with Crippen molar-refractivity contribution < 1.29 is 17.2 Å². The highest BCUT2D eigenvalue weighted by molar-refractivity contribution is 7.90. The SMILES string of the molecule is Cc1nc(NCc2c(F)cccc2F)nc(NC2CCC(CS(C)(=O)=O)C2)c1-c1nc2c(C3CC3)nccc2s1. The summed E-state index contributed by atoms with van der Waals surface area (Å²) in [5.41, 5.74) is 3.27. The van der Waals surface area contributed by atoms with E-state index in [1.807, 2.05) is 19.2 Å². The van der Waals surface area contributed by atoms with Crippen molar-refractivity contribution in [2.75, 3.05) is 22.6 Å². The zero-order valence-corrected chi connectivity index (χ0v) is 23.9. The van der Waals surface area contributed by atoms with Crippen molar-refractivity contribution >= 4 is 43.2 Å². The minimum Gasteiger partial charge on any atom is -0.367 e. The standard InChI is InChI=1S/C28H30F2N6O2S2/c1-15-23(27-35-25-22(39-27)10-11-31-24(25)17-7-8-17)26(34-18-9-6-16(12-18)14-40(2,37)38)36-28(33-15)32-13-19-20(29)4-3-5-21(19)30/h3-5,10-11,16-18H,6-9,12-14H2,1-2H3,(H2,32,33,34,36). The predicted molar refractivity (Wildman–Crippen MR) is 153 cm³/mol. The largest absolute Gasteiger partial charge is 0.367 e. The van der Waals surface area contributed by atoms with Gasteiger partial charge in [0.25, 0.3) is 0 Å². The zero-order valence-electron chi connectivity index (χ0n) is 22.2. The van der Waals surface area contributed by atoms with Crippen LogP contribution in [-0.4, -0.2) is 46.4 Å². The van der Waals surface area contributed by atoms with Crippen LogP contribution >= 0.6 is 11.3 Å². The quantitative estimate of drug-likeness (QED) is 0.252. The molecule has 2 aliphatic carbocycles. The van der Waals surface area contributed by atoms with Crippen molar-refractivity contribution in [3.8, 4) is 10.6 Å². The van der Waals surface area contributed by atoms with Gasteiger partial charge in [0, 0.05) is 36.5 Å². The number of thiazole rings is 1. The summed E-state index contributed by atoms with van der Waals surface area (Å²) in [5, 5.41) is 7.28. The van der Waals surface area contributed by atoms with E-state index in [0.717, 1.165) is 52.2 Å². The van der Waals surface area contributed by atoms with Gasteiger partial charge in [-0.15, -0.1) is 11.3 Å². The number of fused-ring (bicyclic) bond motifs is 1. The van der Waals surface area contributed by atoms with Crippen LogP contribution in [-0.2, 0) is 16.4 Å². The third-order valence-corrected chi connectivity index (χ3v) is 9.62. The van der Waals surface area contributed by atoms with Crippen LogP contribution in [0.3, 0.4) is 0 Å². The fourth-order valence-electron chi connectivity index (χ4n) is 5.50. The molecule has 0 bridgehead atoms. The molecule has 12 heteroatoms. The molecule has 0 radical (unpaired) electrons. The van der Waals surface area contributed by atoms with Crippen LogP contribution in [0.5, 0.6) is 0 Å². The van der Waals surface area contributed by atoms with E-state index in [4.69, 9.17) is 9.97 Å². The van der Waals surface area contributed by atoms with Gasteiger partial charge in [-0.1, -0.05) is 6.07 Å². The van der Waals surface area contributed by atoms with Crippen LogP contribution in [0.25, 0.3) is 20.8 Å². The zero-order chi connectivity index (χ0) is 28.0. The van der Waals surface area contributed by atoms with Gasteiger partial charge in [-0.05, 0) is 63.1 Å². The molecule has 2 fully saturated rings. The first-order chi connectivity index (χ1) is 19.1. The highest BCUT2D eigenvalue weighted by atomic mass is 32.2. The van der Waals surface area contributed by atoms with Gasteiger partial charge in [0.2, 0.25) is 5.95 Å². The maximum absolute atomic E-state index is 14.2. The first-order valence-corrected chi connectivity index (χ1v) is 16.3. The molecule has 210 valence electrons. The van der Waals surface area contributed by atoms with Gasteiger partial charge in [-0.3, -0.25) is 4.98 Å². The molecule has 2 unspecified atom stereocenters. The Labute approximate surface area is 235 Å². The molecular weight excluding hydrogens is 554 g/mol. The van der Waals surface area contributed by atoms with E-state index in [2.05, 4.69) is 20.6 Å². The Balaban J connectivity index is 1.35. The van der Waals surface area contributed by atoms with Crippen LogP contribution in [0.15, 0.2) is 30.5 Å². The molecule has 2 N–H and O–H groups in total. The maximum atomic E-state index is 14.2. The maximum Gasteiger partial charge on any atom is 0.225 e. The molecular formula is C28H30F2N6O2S2. The van der Waals surface area contributed by atoms with E-state index in [9.17, 15) is 17.2 Å². The van der Waals surface area contributed by atoms with Gasteiger partial charge < -0.3 is 10.6 Å². The van der Waals surface area contributed by atoms with Crippen LogP contribution in [0.1, 0.15) is 55.0 Å². The van der Waals surface area contributed by atoms with Gasteiger partial charge >= 0.3 is 0 Å². The van der Waals surface area contributed by atoms with Crippen LogP contribution < -0.4 is 10.6 Å². The molecule has 4 aromatic rings. The number of hydrogen-bond acceptors (Lipinski definition) is 9. The predicted octanol–water partition coefficient (Wildman–Crippen LogP) is 5.85. The Kier molecular flexibility index (Phi) is 7.16. The molecule has 3 heterocycles. The van der Waals surface area contributed by atoms with Crippen LogP contribution in [0.4, 0.5) is 20.5 Å². The van der Waals surface area contributed by atoms with E-state index in [1.165, 1.54) is 24.5 Å². The molecule has 0 aliphatic heterocycles. The van der Waals surface area contributed by atoms with Gasteiger partial charge in [-0.25, -0.2) is 27.2 Å². The Bertz CT molecular complexity index is 1670. The number of nitrogens with one attached hydrogen (secondary N) is 2. The smallest absolute Gasteiger partial charge is 0.225 e. The Morgan fingerprint density at radius 2 is 1.82 bits per heavy atom. The summed E-state index contributed by atoms with van der Waals surface area (Å²) in [6.45, 7) is 1.75. The normalized spacial score (nSPS) is 19.3. The number of pyridine rings is 1. The van der Waals surface area contributed by atoms with Crippen molar-refractivity contribution in [3.05, 3.63) is 59.0 Å². The van der Waals surface area contributed by atoms with E-state index >= 15 is 0 Å². The Hall–Kier alpha value is -3.25. The number of halogens is 2. The summed E-state index contributed by atoms with van der Waals surface area (Å²) >= 11 is 1.55. The van der Waals surface area contributed by atoms with E-state index < -0.39 is 21.5 Å². The van der Waals surface area contributed by atoms with Crippen molar-refractivity contribution in [3.63, 3.8) is 0 Å². The molecule has 0 amide bonds. The average Bonchev–Trinajstić information content (AvgIpc) is 3.49. The van der Waals surface area contributed by atoms with Gasteiger partial charge in [0.1, 0.15) is 37.8 Å². The number of benzene rings is 1. The number of nitrogens with zero attached hydrogens (tertiary/aromatic N) is 4. The third kappa shape index (κ3) is 5.78. The first kappa shape index (κ1) is 26.9. The fourth-order valence-corrected chi connectivity index (χ4v) is 7.72. The van der Waals surface area contributed by atoms with Crippen molar-refractivity contribution in [1.82, 2.24) is 19.9 Å². The summed E-state index contributed by atoms with van der Waals surface area (Å²) in [5.74, 6) is 0.205. The monoisotopic (exact) mass is 584 g/mol. The molecule has 2 aliphatic rings. The van der Waals surface area contributed by atoms with Crippen molar-refractivity contribution in [1.29, 1.82) is 0 Å². The van der Waals surface area contributed by atoms with E-state index in [0.29, 0.717) is 23.9 Å². The molecule has 40 heavy (non-hydrogen) atoms. The first-order valence-electron chi connectivity index (χ1n) is 13.4. The number of aromatic nitrogens is 4. The van der Waals surface area contributed by atoms with Crippen LogP contribution in [0, 0.1) is 24.5 Å². The number of rotatable bonds is 9. The number of hydrogen-bond donors (Lipinski definition) is 2. The lowest BCUT2D eigenvalue weighted by atomic mass is 10.1. The molecule has 2 atom stereocenters. The lowest BCUT2D eigenvalue weighted by Gasteiger charge is -2.18. The summed E-state index contributed by atoms with van der Waals surface area (Å²) in [6, 6.07) is 5.75. The highest BCUT2D eigenvalue weighted by Gasteiger charge is 2.31. The summed E-state index contributed by atoms with van der Waals surface area (Å²) in [7, 11) is -3.07. The highest BCUT2D eigenvalue weighted by Crippen LogP contribution is 2.44. The van der Waals surface area contributed by atoms with E-state index in [-0.39, 0.29) is 35.8 Å². The van der Waals surface area contributed by atoms with Gasteiger partial charge in [0.15, 0.2) is 0 Å². The van der Waals surface area contributed by atoms with Crippen molar-refractivity contribution in [2.24, 2.45) is 5.92 Å². The van der Waals surface area contributed by atoms with Crippen LogP contribution in [0.2, 0.25) is 0 Å². The molecule has 8 nitrogen and oxygen atoms in total. The lowest BCUT2D eigenvalue weighted by molar-refractivity contribution is 0.559. The third-order valence-electron chi connectivity index (χ3n) is 7.51. The minimum atomic E-state index is -3.07. The topological polar surface area (TPSA) is 110 Å². The minimum absolute atomic E-state index is 0.0229. The number of aryl methyl sites for hydroxylation is 1. The second-order valence-corrected chi connectivity index (χ2v) is 14.1. The summed E-state index contributed by atoms with van der Waals surface area (Å²) < 4.78 is 53.2. The molecule has 0 saturated heterocycles. The second kappa shape index (κ2) is 10.6. The fraction of sp³-hybridized carbons (Fsp3) is 0.429. The molecule has 0 spiro atoms. The van der Waals surface area contributed by atoms with Gasteiger partial charge in [-0.2, -0.15) is 4.98 Å². The number of sulfone groups is 1. The van der Waals surface area contributed by atoms with Gasteiger partial charge in [0.05, 0.1) is 27.4 Å². The summed E-state index contributed by atoms with van der Waals surface area (Å²) in [4.78, 5) is 19.0.